The molecule has 0 aliphatic heterocycles. The summed E-state index contributed by atoms with van der Waals surface area (Å²) < 4.78 is 10.5. The first-order chi connectivity index (χ1) is 7.78. The van der Waals surface area contributed by atoms with Crippen LogP contribution in [0.1, 0.15) is 5.69 Å². The Balaban J connectivity index is 2.11. The van der Waals surface area contributed by atoms with Crippen molar-refractivity contribution in [2.24, 2.45) is 0 Å². The van der Waals surface area contributed by atoms with Gasteiger partial charge in [-0.15, -0.1) is 0 Å². The van der Waals surface area contributed by atoms with Gasteiger partial charge < -0.3 is 9.47 Å². The van der Waals surface area contributed by atoms with Crippen LogP contribution in [0.5, 0.6) is 17.4 Å². The van der Waals surface area contributed by atoms with Crippen molar-refractivity contribution >= 4 is 0 Å². The number of pyridine rings is 2. The van der Waals surface area contributed by atoms with Crippen LogP contribution >= 0.6 is 0 Å². The Bertz CT molecular complexity index is 451. The fraction of sp³-hybridized carbons (Fsp3) is 0.167. The van der Waals surface area contributed by atoms with E-state index in [1.807, 2.05) is 19.1 Å². The molecule has 0 saturated carbocycles. The Hall–Kier alpha value is -2.10. The number of hydrogen-bond acceptors (Lipinski definition) is 4. The maximum absolute atomic E-state index is 5.55. The highest BCUT2D eigenvalue weighted by molar-refractivity contribution is 5.29. The van der Waals surface area contributed by atoms with Crippen LogP contribution in [0.3, 0.4) is 0 Å². The van der Waals surface area contributed by atoms with Gasteiger partial charge in [-0.3, -0.25) is 4.98 Å². The summed E-state index contributed by atoms with van der Waals surface area (Å²) in [6, 6.07) is 7.31. The molecule has 0 amide bonds. The average molecular weight is 216 g/mol. The van der Waals surface area contributed by atoms with Crippen LogP contribution < -0.4 is 9.47 Å². The lowest BCUT2D eigenvalue weighted by Gasteiger charge is -2.05. The molecule has 0 aliphatic carbocycles. The quantitative estimate of drug-likeness (QED) is 0.791. The lowest BCUT2D eigenvalue weighted by molar-refractivity contribution is 0.394. The number of aryl methyl sites for hydroxylation is 1. The molecule has 0 saturated heterocycles. The van der Waals surface area contributed by atoms with Crippen molar-refractivity contribution in [2.45, 2.75) is 6.92 Å². The molecule has 0 unspecified atom stereocenters. The van der Waals surface area contributed by atoms with E-state index in [-0.39, 0.29) is 0 Å². The summed E-state index contributed by atoms with van der Waals surface area (Å²) >= 11 is 0. The third-order valence-corrected chi connectivity index (χ3v) is 2.04. The van der Waals surface area contributed by atoms with Crippen LogP contribution in [0.2, 0.25) is 0 Å². The van der Waals surface area contributed by atoms with Gasteiger partial charge in [0.2, 0.25) is 5.88 Å². The largest absolute Gasteiger partial charge is 0.481 e. The molecular weight excluding hydrogens is 204 g/mol. The summed E-state index contributed by atoms with van der Waals surface area (Å²) in [7, 11) is 1.58. The fourth-order valence-corrected chi connectivity index (χ4v) is 1.20. The number of nitrogens with zero attached hydrogens (tertiary/aromatic N) is 2. The molecule has 4 nitrogen and oxygen atoms in total. The summed E-state index contributed by atoms with van der Waals surface area (Å²) in [4.78, 5) is 8.18. The highest BCUT2D eigenvalue weighted by Crippen LogP contribution is 2.21. The topological polar surface area (TPSA) is 44.2 Å². The Morgan fingerprint density at radius 3 is 2.12 bits per heavy atom. The molecule has 0 aromatic carbocycles. The summed E-state index contributed by atoms with van der Waals surface area (Å²) in [6.07, 6.45) is 3.29. The Morgan fingerprint density at radius 2 is 1.62 bits per heavy atom. The van der Waals surface area contributed by atoms with Gasteiger partial charge in [0.25, 0.3) is 0 Å². The van der Waals surface area contributed by atoms with Crippen LogP contribution in [-0.4, -0.2) is 17.1 Å². The van der Waals surface area contributed by atoms with E-state index in [4.69, 9.17) is 9.47 Å². The molecule has 0 aliphatic rings. The minimum absolute atomic E-state index is 0.564. The Labute approximate surface area is 93.9 Å². The van der Waals surface area contributed by atoms with Gasteiger partial charge in [0.1, 0.15) is 11.5 Å². The predicted molar refractivity (Wildman–Crippen MR) is 59.8 cm³/mol. The third kappa shape index (κ3) is 2.48. The number of aromatic nitrogens is 2. The molecule has 0 radical (unpaired) electrons. The van der Waals surface area contributed by atoms with Crippen molar-refractivity contribution in [3.05, 3.63) is 42.4 Å². The van der Waals surface area contributed by atoms with Crippen LogP contribution in [-0.2, 0) is 0 Å². The molecule has 0 fully saturated rings. The van der Waals surface area contributed by atoms with E-state index < -0.39 is 0 Å². The minimum Gasteiger partial charge on any atom is -0.481 e. The Kier molecular flexibility index (Phi) is 3.00. The van der Waals surface area contributed by atoms with Gasteiger partial charge in [-0.05, 0) is 25.1 Å². The normalized spacial score (nSPS) is 9.88. The standard InChI is InChI=1S/C12H12N2O2/c1-9-3-4-10(7-13-9)16-11-5-6-12(15-2)14-8-11/h3-8H,1-2H3. The predicted octanol–water partition coefficient (Wildman–Crippen LogP) is 2.59. The van der Waals surface area contributed by atoms with Crippen LogP contribution in [0.15, 0.2) is 36.7 Å². The van der Waals surface area contributed by atoms with E-state index in [0.29, 0.717) is 17.4 Å². The zero-order valence-electron chi connectivity index (χ0n) is 9.18. The number of rotatable bonds is 3. The van der Waals surface area contributed by atoms with Gasteiger partial charge in [-0.25, -0.2) is 4.98 Å². The second-order valence-corrected chi connectivity index (χ2v) is 3.27. The molecule has 2 aromatic rings. The first-order valence-electron chi connectivity index (χ1n) is 4.88. The fourth-order valence-electron chi connectivity index (χ4n) is 1.20. The molecule has 0 bridgehead atoms. The monoisotopic (exact) mass is 216 g/mol. The van der Waals surface area contributed by atoms with E-state index in [9.17, 15) is 0 Å². The van der Waals surface area contributed by atoms with Gasteiger partial charge >= 0.3 is 0 Å². The van der Waals surface area contributed by atoms with Crippen molar-refractivity contribution in [3.8, 4) is 17.4 Å². The highest BCUT2D eigenvalue weighted by Gasteiger charge is 1.98. The molecule has 2 heterocycles. The first kappa shape index (κ1) is 10.4. The van der Waals surface area contributed by atoms with Gasteiger partial charge in [0.05, 0.1) is 19.5 Å². The molecule has 0 N–H and O–H groups in total. The van der Waals surface area contributed by atoms with Crippen molar-refractivity contribution in [3.63, 3.8) is 0 Å². The summed E-state index contributed by atoms with van der Waals surface area (Å²) in [5, 5.41) is 0. The summed E-state index contributed by atoms with van der Waals surface area (Å²) in [5.74, 6) is 1.92. The van der Waals surface area contributed by atoms with Crippen LogP contribution in [0.25, 0.3) is 0 Å². The smallest absolute Gasteiger partial charge is 0.213 e. The minimum atomic E-state index is 0.564. The number of ether oxygens (including phenoxy) is 2. The molecule has 2 aromatic heterocycles. The van der Waals surface area contributed by atoms with Crippen molar-refractivity contribution in [2.75, 3.05) is 7.11 Å². The van der Waals surface area contributed by atoms with E-state index in [1.165, 1.54) is 0 Å². The maximum atomic E-state index is 5.55. The zero-order valence-corrected chi connectivity index (χ0v) is 9.18. The van der Waals surface area contributed by atoms with E-state index >= 15 is 0 Å². The first-order valence-corrected chi connectivity index (χ1v) is 4.88. The number of methoxy groups -OCH3 is 1. The second kappa shape index (κ2) is 4.61. The number of hydrogen-bond donors (Lipinski definition) is 0. The molecule has 0 atom stereocenters. The van der Waals surface area contributed by atoms with Crippen molar-refractivity contribution < 1.29 is 9.47 Å². The van der Waals surface area contributed by atoms with Crippen LogP contribution in [0.4, 0.5) is 0 Å². The van der Waals surface area contributed by atoms with Gasteiger partial charge in [0.15, 0.2) is 0 Å². The second-order valence-electron chi connectivity index (χ2n) is 3.27. The summed E-state index contributed by atoms with van der Waals surface area (Å²) in [5.41, 5.74) is 0.959. The van der Waals surface area contributed by atoms with Crippen molar-refractivity contribution in [1.82, 2.24) is 9.97 Å². The maximum Gasteiger partial charge on any atom is 0.213 e. The van der Waals surface area contributed by atoms with Crippen molar-refractivity contribution in [1.29, 1.82) is 0 Å². The molecule has 0 spiro atoms. The van der Waals surface area contributed by atoms with E-state index in [1.54, 1.807) is 31.6 Å². The summed E-state index contributed by atoms with van der Waals surface area (Å²) in [6.45, 7) is 1.93. The lowest BCUT2D eigenvalue weighted by atomic mass is 10.4. The zero-order chi connectivity index (χ0) is 11.4. The van der Waals surface area contributed by atoms with E-state index in [0.717, 1.165) is 5.69 Å². The average Bonchev–Trinajstić information content (AvgIpc) is 2.33. The molecular formula is C12H12N2O2. The molecule has 4 heteroatoms. The van der Waals surface area contributed by atoms with Gasteiger partial charge in [-0.1, -0.05) is 0 Å². The van der Waals surface area contributed by atoms with Gasteiger partial charge in [0, 0.05) is 11.8 Å². The molecule has 16 heavy (non-hydrogen) atoms. The van der Waals surface area contributed by atoms with E-state index in [2.05, 4.69) is 9.97 Å². The molecule has 2 rings (SSSR count). The van der Waals surface area contributed by atoms with Crippen LogP contribution in [0, 0.1) is 6.92 Å². The highest BCUT2D eigenvalue weighted by atomic mass is 16.5. The lowest BCUT2D eigenvalue weighted by Crippen LogP contribution is -1.89. The SMILES string of the molecule is COc1ccc(Oc2ccc(C)nc2)cn1. The Morgan fingerprint density at radius 1 is 0.938 bits per heavy atom. The molecule has 82 valence electrons. The van der Waals surface area contributed by atoms with Gasteiger partial charge in [-0.2, -0.15) is 0 Å². The third-order valence-electron chi connectivity index (χ3n) is 2.04.